The lowest BCUT2D eigenvalue weighted by Gasteiger charge is -2.08. The average Bonchev–Trinajstić information content (AvgIpc) is 3.30. The Kier molecular flexibility index (Phi) is 4.37. The first-order valence-corrected chi connectivity index (χ1v) is 8.22. The number of para-hydroxylation sites is 1. The van der Waals surface area contributed by atoms with Gasteiger partial charge in [-0.25, -0.2) is 4.39 Å². The Hall–Kier alpha value is -3.55. The van der Waals surface area contributed by atoms with Crippen molar-refractivity contribution >= 4 is 16.9 Å². The zero-order valence-corrected chi connectivity index (χ0v) is 14.3. The maximum Gasteiger partial charge on any atom is 0.312 e. The molecule has 1 atom stereocenters. The van der Waals surface area contributed by atoms with E-state index in [0.717, 1.165) is 5.39 Å². The second kappa shape index (κ2) is 6.99. The van der Waals surface area contributed by atoms with E-state index in [1.54, 1.807) is 13.0 Å². The predicted molar refractivity (Wildman–Crippen MR) is 91.9 cm³/mol. The topological polar surface area (TPSA) is 91.2 Å². The summed E-state index contributed by atoms with van der Waals surface area (Å²) >= 11 is 0. The fraction of sp³-hybridized carbons (Fsp3) is 0.158. The second-order valence-electron chi connectivity index (χ2n) is 5.89. The highest BCUT2D eigenvalue weighted by molar-refractivity contribution is 5.84. The van der Waals surface area contributed by atoms with E-state index in [0.29, 0.717) is 16.8 Å². The molecule has 2 aromatic carbocycles. The summed E-state index contributed by atoms with van der Waals surface area (Å²) in [6, 6.07) is 12.9. The molecule has 2 heterocycles. The van der Waals surface area contributed by atoms with Gasteiger partial charge in [-0.3, -0.25) is 4.79 Å². The lowest BCUT2D eigenvalue weighted by Crippen LogP contribution is -2.12. The third kappa shape index (κ3) is 3.55. The van der Waals surface area contributed by atoms with Crippen LogP contribution in [0.3, 0.4) is 0 Å². The van der Waals surface area contributed by atoms with E-state index in [1.807, 2.05) is 18.2 Å². The maximum absolute atomic E-state index is 13.0. The van der Waals surface area contributed by atoms with Crippen LogP contribution in [0.25, 0.3) is 22.4 Å². The number of fused-ring (bicyclic) bond motifs is 1. The Balaban J connectivity index is 1.43. The first-order chi connectivity index (χ1) is 13.1. The van der Waals surface area contributed by atoms with Gasteiger partial charge in [-0.2, -0.15) is 0 Å². The third-order valence-electron chi connectivity index (χ3n) is 3.95. The Morgan fingerprint density at radius 1 is 1.15 bits per heavy atom. The standard InChI is InChI=1S/C19H14FN3O4/c1-11(18-21-22-19(26-18)12-6-8-13(20)9-7-12)25-17(24)10-15-14-4-2-3-5-16(14)27-23-15/h2-9,11H,10H2,1H3/t11-/m0/s1. The van der Waals surface area contributed by atoms with E-state index < -0.39 is 12.1 Å². The zero-order chi connectivity index (χ0) is 18.8. The summed E-state index contributed by atoms with van der Waals surface area (Å²) < 4.78 is 29.0. The molecule has 8 heteroatoms. The molecule has 0 amide bonds. The fourth-order valence-electron chi connectivity index (χ4n) is 2.60. The number of carbonyl (C=O) groups is 1. The number of benzene rings is 2. The summed E-state index contributed by atoms with van der Waals surface area (Å²) in [6.45, 7) is 1.63. The van der Waals surface area contributed by atoms with Gasteiger partial charge in [-0.1, -0.05) is 17.3 Å². The molecule has 2 aromatic heterocycles. The lowest BCUT2D eigenvalue weighted by molar-refractivity contribution is -0.148. The third-order valence-corrected chi connectivity index (χ3v) is 3.95. The average molecular weight is 367 g/mol. The van der Waals surface area contributed by atoms with Gasteiger partial charge in [0.15, 0.2) is 11.7 Å². The Morgan fingerprint density at radius 2 is 1.93 bits per heavy atom. The number of hydrogen-bond donors (Lipinski definition) is 0. The summed E-state index contributed by atoms with van der Waals surface area (Å²) in [7, 11) is 0. The molecular weight excluding hydrogens is 353 g/mol. The molecule has 0 spiro atoms. The summed E-state index contributed by atoms with van der Waals surface area (Å²) in [5.41, 5.74) is 1.68. The van der Waals surface area contributed by atoms with Crippen LogP contribution in [0.5, 0.6) is 0 Å². The van der Waals surface area contributed by atoms with Crippen LogP contribution in [-0.2, 0) is 16.0 Å². The van der Waals surface area contributed by atoms with Gasteiger partial charge in [0.25, 0.3) is 5.89 Å². The highest BCUT2D eigenvalue weighted by atomic mass is 19.1. The molecule has 0 aliphatic heterocycles. The van der Waals surface area contributed by atoms with Gasteiger partial charge in [-0.05, 0) is 43.3 Å². The van der Waals surface area contributed by atoms with Crippen LogP contribution < -0.4 is 0 Å². The van der Waals surface area contributed by atoms with Crippen molar-refractivity contribution in [2.45, 2.75) is 19.4 Å². The van der Waals surface area contributed by atoms with Crippen LogP contribution in [0.15, 0.2) is 57.5 Å². The fourth-order valence-corrected chi connectivity index (χ4v) is 2.60. The van der Waals surface area contributed by atoms with Crippen molar-refractivity contribution in [1.29, 1.82) is 0 Å². The molecule has 4 rings (SSSR count). The summed E-state index contributed by atoms with van der Waals surface area (Å²) in [5, 5.41) is 12.5. The minimum atomic E-state index is -0.739. The quantitative estimate of drug-likeness (QED) is 0.495. The summed E-state index contributed by atoms with van der Waals surface area (Å²) in [5.74, 6) is -0.493. The van der Waals surface area contributed by atoms with E-state index in [9.17, 15) is 9.18 Å². The highest BCUT2D eigenvalue weighted by Crippen LogP contribution is 2.24. The van der Waals surface area contributed by atoms with Gasteiger partial charge in [-0.15, -0.1) is 10.2 Å². The van der Waals surface area contributed by atoms with Crippen LogP contribution in [0, 0.1) is 5.82 Å². The van der Waals surface area contributed by atoms with E-state index in [2.05, 4.69) is 15.4 Å². The summed E-state index contributed by atoms with van der Waals surface area (Å²) in [4.78, 5) is 12.2. The molecule has 0 unspecified atom stereocenters. The molecule has 0 saturated carbocycles. The predicted octanol–water partition coefficient (Wildman–Crippen LogP) is 3.86. The first-order valence-electron chi connectivity index (χ1n) is 8.22. The molecule has 136 valence electrons. The highest BCUT2D eigenvalue weighted by Gasteiger charge is 2.21. The largest absolute Gasteiger partial charge is 0.452 e. The number of nitrogens with zero attached hydrogens (tertiary/aromatic N) is 3. The molecule has 7 nitrogen and oxygen atoms in total. The van der Waals surface area contributed by atoms with Gasteiger partial charge in [0, 0.05) is 10.9 Å². The van der Waals surface area contributed by atoms with Gasteiger partial charge in [0.2, 0.25) is 5.89 Å². The minimum absolute atomic E-state index is 0.0414. The van der Waals surface area contributed by atoms with E-state index >= 15 is 0 Å². The number of ether oxygens (including phenoxy) is 1. The Labute approximate surface area is 152 Å². The van der Waals surface area contributed by atoms with Crippen molar-refractivity contribution in [2.24, 2.45) is 0 Å². The number of halogens is 1. The van der Waals surface area contributed by atoms with Gasteiger partial charge >= 0.3 is 5.97 Å². The zero-order valence-electron chi connectivity index (χ0n) is 14.3. The molecule has 0 bridgehead atoms. The van der Waals surface area contributed by atoms with Crippen molar-refractivity contribution in [3.05, 3.63) is 65.9 Å². The van der Waals surface area contributed by atoms with E-state index in [1.165, 1.54) is 24.3 Å². The molecule has 0 fully saturated rings. The number of rotatable bonds is 5. The van der Waals surface area contributed by atoms with Crippen molar-refractivity contribution in [3.8, 4) is 11.5 Å². The van der Waals surface area contributed by atoms with E-state index in [4.69, 9.17) is 13.7 Å². The smallest absolute Gasteiger partial charge is 0.312 e. The second-order valence-corrected chi connectivity index (χ2v) is 5.89. The van der Waals surface area contributed by atoms with Gasteiger partial charge in [0.1, 0.15) is 11.5 Å². The van der Waals surface area contributed by atoms with Crippen LogP contribution in [0.4, 0.5) is 4.39 Å². The lowest BCUT2D eigenvalue weighted by atomic mass is 10.2. The van der Waals surface area contributed by atoms with Crippen LogP contribution in [0.1, 0.15) is 24.6 Å². The van der Waals surface area contributed by atoms with Crippen molar-refractivity contribution in [3.63, 3.8) is 0 Å². The summed E-state index contributed by atoms with van der Waals surface area (Å²) in [6.07, 6.45) is -0.780. The molecule has 0 saturated heterocycles. The molecule has 0 radical (unpaired) electrons. The Morgan fingerprint density at radius 3 is 2.74 bits per heavy atom. The molecule has 4 aromatic rings. The SMILES string of the molecule is C[C@H](OC(=O)Cc1noc2ccccc12)c1nnc(-c2ccc(F)cc2)o1. The Bertz CT molecular complexity index is 1090. The molecule has 0 aliphatic carbocycles. The monoisotopic (exact) mass is 367 g/mol. The van der Waals surface area contributed by atoms with E-state index in [-0.39, 0.29) is 24.0 Å². The normalized spacial score (nSPS) is 12.2. The number of aromatic nitrogens is 3. The molecular formula is C19H14FN3O4. The van der Waals surface area contributed by atoms with Crippen molar-refractivity contribution < 1.29 is 22.9 Å². The molecule has 0 aliphatic rings. The van der Waals surface area contributed by atoms with Crippen LogP contribution in [-0.4, -0.2) is 21.3 Å². The number of carbonyl (C=O) groups excluding carboxylic acids is 1. The van der Waals surface area contributed by atoms with Crippen molar-refractivity contribution in [1.82, 2.24) is 15.4 Å². The molecule has 27 heavy (non-hydrogen) atoms. The minimum Gasteiger partial charge on any atom is -0.452 e. The molecule has 0 N–H and O–H groups in total. The van der Waals surface area contributed by atoms with Gasteiger partial charge in [0.05, 0.1) is 6.42 Å². The van der Waals surface area contributed by atoms with Gasteiger partial charge < -0.3 is 13.7 Å². The van der Waals surface area contributed by atoms with Crippen LogP contribution >= 0.6 is 0 Å². The number of hydrogen-bond acceptors (Lipinski definition) is 7. The number of esters is 1. The van der Waals surface area contributed by atoms with Crippen LogP contribution in [0.2, 0.25) is 0 Å². The maximum atomic E-state index is 13.0. The first kappa shape index (κ1) is 16.9. The van der Waals surface area contributed by atoms with Crippen molar-refractivity contribution in [2.75, 3.05) is 0 Å².